The van der Waals surface area contributed by atoms with Crippen LogP contribution in [-0.2, 0) is 0 Å². The summed E-state index contributed by atoms with van der Waals surface area (Å²) in [6.07, 6.45) is 0. The molecule has 1 aliphatic rings. The zero-order valence-corrected chi connectivity index (χ0v) is 10.0. The summed E-state index contributed by atoms with van der Waals surface area (Å²) in [5.74, 6) is 0.808. The van der Waals surface area contributed by atoms with Crippen molar-refractivity contribution in [1.82, 2.24) is 5.32 Å². The van der Waals surface area contributed by atoms with Crippen molar-refractivity contribution in [3.63, 3.8) is 0 Å². The lowest BCUT2D eigenvalue weighted by Crippen LogP contribution is -2.19. The second kappa shape index (κ2) is 4.18. The molecule has 90 valence electrons. The van der Waals surface area contributed by atoms with Gasteiger partial charge in [0.2, 0.25) is 0 Å². The number of benzene rings is 2. The van der Waals surface area contributed by atoms with Crippen molar-refractivity contribution in [2.75, 3.05) is 7.11 Å². The molecule has 1 atom stereocenters. The van der Waals surface area contributed by atoms with Crippen molar-refractivity contribution in [2.24, 2.45) is 0 Å². The van der Waals surface area contributed by atoms with E-state index in [1.807, 2.05) is 48.5 Å². The van der Waals surface area contributed by atoms with Crippen molar-refractivity contribution in [1.29, 1.82) is 0 Å². The number of amides is 1. The molecule has 1 amide bonds. The van der Waals surface area contributed by atoms with Gasteiger partial charge in [-0.2, -0.15) is 0 Å². The Kier molecular flexibility index (Phi) is 2.52. The van der Waals surface area contributed by atoms with Gasteiger partial charge in [-0.1, -0.05) is 30.3 Å². The highest BCUT2D eigenvalue weighted by Gasteiger charge is 2.28. The summed E-state index contributed by atoms with van der Waals surface area (Å²) in [6, 6.07) is 15.4. The first kappa shape index (κ1) is 10.8. The van der Waals surface area contributed by atoms with E-state index < -0.39 is 0 Å². The second-order valence-electron chi connectivity index (χ2n) is 4.27. The molecule has 1 N–H and O–H groups in total. The van der Waals surface area contributed by atoms with Gasteiger partial charge in [-0.05, 0) is 29.3 Å². The molecule has 2 aromatic carbocycles. The van der Waals surface area contributed by atoms with E-state index in [0.717, 1.165) is 22.4 Å². The zero-order chi connectivity index (χ0) is 12.5. The Balaban J connectivity index is 2.01. The molecule has 3 rings (SSSR count). The van der Waals surface area contributed by atoms with Crippen LogP contribution in [0.2, 0.25) is 0 Å². The van der Waals surface area contributed by atoms with Gasteiger partial charge in [0.05, 0.1) is 13.2 Å². The smallest absolute Gasteiger partial charge is 0.252 e. The van der Waals surface area contributed by atoms with Crippen LogP contribution >= 0.6 is 0 Å². The van der Waals surface area contributed by atoms with Crippen LogP contribution in [0, 0.1) is 0 Å². The van der Waals surface area contributed by atoms with Crippen LogP contribution in [-0.4, -0.2) is 13.0 Å². The van der Waals surface area contributed by atoms with Gasteiger partial charge in [-0.3, -0.25) is 4.79 Å². The minimum Gasteiger partial charge on any atom is -0.497 e. The van der Waals surface area contributed by atoms with E-state index >= 15 is 0 Å². The third-order valence-corrected chi connectivity index (χ3v) is 3.24. The monoisotopic (exact) mass is 239 g/mol. The quantitative estimate of drug-likeness (QED) is 0.874. The third-order valence-electron chi connectivity index (χ3n) is 3.24. The number of carbonyl (C=O) groups is 1. The van der Waals surface area contributed by atoms with E-state index in [1.54, 1.807) is 7.11 Å². The van der Waals surface area contributed by atoms with Gasteiger partial charge in [0.1, 0.15) is 5.75 Å². The van der Waals surface area contributed by atoms with Crippen molar-refractivity contribution < 1.29 is 9.53 Å². The first-order valence-electron chi connectivity index (χ1n) is 5.83. The molecule has 3 nitrogen and oxygen atoms in total. The summed E-state index contributed by atoms with van der Waals surface area (Å²) in [5.41, 5.74) is 2.86. The van der Waals surface area contributed by atoms with E-state index in [9.17, 15) is 4.79 Å². The summed E-state index contributed by atoms with van der Waals surface area (Å²) in [5, 5.41) is 2.99. The molecule has 18 heavy (non-hydrogen) atoms. The lowest BCUT2D eigenvalue weighted by Gasteiger charge is -2.12. The number of rotatable bonds is 2. The Morgan fingerprint density at radius 1 is 1.06 bits per heavy atom. The highest BCUT2D eigenvalue weighted by atomic mass is 16.5. The van der Waals surface area contributed by atoms with Crippen molar-refractivity contribution in [3.05, 3.63) is 65.2 Å². The Bertz CT molecular complexity index is 590. The number of methoxy groups -OCH3 is 1. The highest BCUT2D eigenvalue weighted by Crippen LogP contribution is 2.31. The minimum atomic E-state index is -0.0559. The molecular formula is C15H13NO2. The van der Waals surface area contributed by atoms with Crippen LogP contribution in [0.5, 0.6) is 5.75 Å². The third kappa shape index (κ3) is 1.64. The fourth-order valence-corrected chi connectivity index (χ4v) is 2.30. The van der Waals surface area contributed by atoms with E-state index in [-0.39, 0.29) is 11.9 Å². The van der Waals surface area contributed by atoms with Gasteiger partial charge >= 0.3 is 0 Å². The summed E-state index contributed by atoms with van der Waals surface area (Å²) in [6.45, 7) is 0. The standard InChI is InChI=1S/C15H13NO2/c1-18-11-8-6-10(7-9-11)14-12-4-2-3-5-13(12)15(17)16-14/h2-9,14H,1H3,(H,16,17)/t14-/m1/s1. The largest absolute Gasteiger partial charge is 0.497 e. The summed E-state index contributed by atoms with van der Waals surface area (Å²) in [4.78, 5) is 11.8. The molecule has 0 fully saturated rings. The maximum Gasteiger partial charge on any atom is 0.252 e. The predicted octanol–water partition coefficient (Wildman–Crippen LogP) is 2.53. The molecule has 0 spiro atoms. The lowest BCUT2D eigenvalue weighted by molar-refractivity contribution is 0.0960. The number of carbonyl (C=O) groups excluding carboxylic acids is 1. The average molecular weight is 239 g/mol. The van der Waals surface area contributed by atoms with Crippen LogP contribution < -0.4 is 10.1 Å². The fourth-order valence-electron chi connectivity index (χ4n) is 2.30. The molecule has 0 unspecified atom stereocenters. The molecule has 0 aromatic heterocycles. The Morgan fingerprint density at radius 3 is 2.50 bits per heavy atom. The number of fused-ring (bicyclic) bond motifs is 1. The zero-order valence-electron chi connectivity index (χ0n) is 10.0. The molecule has 0 aliphatic carbocycles. The summed E-state index contributed by atoms with van der Waals surface area (Å²) < 4.78 is 5.14. The van der Waals surface area contributed by atoms with Gasteiger partial charge in [-0.25, -0.2) is 0 Å². The number of hydrogen-bond donors (Lipinski definition) is 1. The molecule has 3 heteroatoms. The maximum atomic E-state index is 11.8. The first-order valence-corrected chi connectivity index (χ1v) is 5.83. The number of hydrogen-bond acceptors (Lipinski definition) is 2. The van der Waals surface area contributed by atoms with Gasteiger partial charge in [0, 0.05) is 5.56 Å². The topological polar surface area (TPSA) is 38.3 Å². The first-order chi connectivity index (χ1) is 8.79. The van der Waals surface area contributed by atoms with E-state index in [2.05, 4.69) is 5.32 Å². The fraction of sp³-hybridized carbons (Fsp3) is 0.133. The number of ether oxygens (including phenoxy) is 1. The minimum absolute atomic E-state index is 0.00795. The van der Waals surface area contributed by atoms with Gasteiger partial charge in [0.25, 0.3) is 5.91 Å². The van der Waals surface area contributed by atoms with Crippen LogP contribution in [0.1, 0.15) is 27.5 Å². The molecule has 1 aliphatic heterocycles. The molecule has 2 aromatic rings. The SMILES string of the molecule is COc1ccc([C@H]2NC(=O)c3ccccc32)cc1. The molecule has 0 radical (unpaired) electrons. The molecule has 0 bridgehead atoms. The van der Waals surface area contributed by atoms with Gasteiger partial charge in [0.15, 0.2) is 0 Å². The number of nitrogens with one attached hydrogen (secondary N) is 1. The Labute approximate surface area is 105 Å². The van der Waals surface area contributed by atoms with Crippen molar-refractivity contribution in [3.8, 4) is 5.75 Å². The molecule has 0 saturated heterocycles. The van der Waals surface area contributed by atoms with E-state index in [4.69, 9.17) is 4.74 Å². The van der Waals surface area contributed by atoms with Crippen LogP contribution in [0.3, 0.4) is 0 Å². The lowest BCUT2D eigenvalue weighted by atomic mass is 9.98. The Morgan fingerprint density at radius 2 is 1.78 bits per heavy atom. The molecule has 1 heterocycles. The molecule has 0 saturated carbocycles. The van der Waals surface area contributed by atoms with Crippen LogP contribution in [0.15, 0.2) is 48.5 Å². The van der Waals surface area contributed by atoms with Gasteiger partial charge in [-0.15, -0.1) is 0 Å². The van der Waals surface area contributed by atoms with E-state index in [1.165, 1.54) is 0 Å². The van der Waals surface area contributed by atoms with E-state index in [0.29, 0.717) is 0 Å². The van der Waals surface area contributed by atoms with Crippen LogP contribution in [0.25, 0.3) is 0 Å². The second-order valence-corrected chi connectivity index (χ2v) is 4.27. The summed E-state index contributed by atoms with van der Waals surface area (Å²) in [7, 11) is 1.64. The van der Waals surface area contributed by atoms with Crippen molar-refractivity contribution >= 4 is 5.91 Å². The highest BCUT2D eigenvalue weighted by molar-refractivity contribution is 5.99. The normalized spacial score (nSPS) is 17.2. The summed E-state index contributed by atoms with van der Waals surface area (Å²) >= 11 is 0. The average Bonchev–Trinajstić information content (AvgIpc) is 2.77. The predicted molar refractivity (Wildman–Crippen MR) is 68.7 cm³/mol. The molecular weight excluding hydrogens is 226 g/mol. The maximum absolute atomic E-state index is 11.8. The van der Waals surface area contributed by atoms with Crippen molar-refractivity contribution in [2.45, 2.75) is 6.04 Å². The Hall–Kier alpha value is -2.29. The van der Waals surface area contributed by atoms with Crippen LogP contribution in [0.4, 0.5) is 0 Å². The van der Waals surface area contributed by atoms with Gasteiger partial charge < -0.3 is 10.1 Å².